The molecule has 1 aromatic carbocycles. The Morgan fingerprint density at radius 1 is 1.56 bits per heavy atom. The summed E-state index contributed by atoms with van der Waals surface area (Å²) in [6.45, 7) is 1.68. The number of anilines is 1. The van der Waals surface area contributed by atoms with Gasteiger partial charge < -0.3 is 0 Å². The van der Waals surface area contributed by atoms with Crippen molar-refractivity contribution in [3.63, 3.8) is 0 Å². The maximum absolute atomic E-state index is 13.3. The summed E-state index contributed by atoms with van der Waals surface area (Å²) in [7, 11) is -3.65. The van der Waals surface area contributed by atoms with Crippen LogP contribution in [-0.4, -0.2) is 20.1 Å². The average Bonchev–Trinajstić information content (AvgIpc) is 2.28. The lowest BCUT2D eigenvalue weighted by molar-refractivity contribution is 0.588. The Morgan fingerprint density at radius 2 is 2.22 bits per heavy atom. The van der Waals surface area contributed by atoms with Gasteiger partial charge >= 0.3 is 0 Å². The van der Waals surface area contributed by atoms with E-state index >= 15 is 0 Å². The average molecular weight is 291 g/mol. The summed E-state index contributed by atoms with van der Waals surface area (Å²) < 4.78 is 39.0. The third-order valence-corrected chi connectivity index (χ3v) is 4.22. The van der Waals surface area contributed by atoms with Crippen LogP contribution in [0.4, 0.5) is 10.1 Å². The summed E-state index contributed by atoms with van der Waals surface area (Å²) >= 11 is 5.54. The van der Waals surface area contributed by atoms with E-state index in [1.165, 1.54) is 12.1 Å². The van der Waals surface area contributed by atoms with E-state index < -0.39 is 15.8 Å². The predicted octanol–water partition coefficient (Wildman–Crippen LogP) is 2.31. The molecular weight excluding hydrogens is 279 g/mol. The molecule has 0 amide bonds. The smallest absolute Gasteiger partial charge is 0.233 e. The molecule has 0 heterocycles. The number of rotatable bonds is 5. The molecule has 4 nitrogen and oxygen atoms in total. The van der Waals surface area contributed by atoms with Crippen LogP contribution in [0.15, 0.2) is 18.2 Å². The van der Waals surface area contributed by atoms with Crippen LogP contribution in [0, 0.1) is 23.1 Å². The van der Waals surface area contributed by atoms with Gasteiger partial charge in [-0.3, -0.25) is 4.72 Å². The summed E-state index contributed by atoms with van der Waals surface area (Å²) in [6.07, 6.45) is 0. The Morgan fingerprint density at radius 3 is 2.78 bits per heavy atom. The van der Waals surface area contributed by atoms with Gasteiger partial charge in [0.25, 0.3) is 0 Å². The van der Waals surface area contributed by atoms with E-state index in [2.05, 4.69) is 4.72 Å². The molecule has 0 saturated heterocycles. The monoisotopic (exact) mass is 290 g/mol. The molecule has 0 aliphatic rings. The van der Waals surface area contributed by atoms with Crippen molar-refractivity contribution in [1.82, 2.24) is 0 Å². The highest BCUT2D eigenvalue weighted by molar-refractivity contribution is 7.92. The number of nitrogens with one attached hydrogen (secondary N) is 1. The number of hydrogen-bond donors (Lipinski definition) is 1. The summed E-state index contributed by atoms with van der Waals surface area (Å²) in [5, 5.41) is 8.78. The zero-order valence-corrected chi connectivity index (χ0v) is 11.2. The zero-order valence-electron chi connectivity index (χ0n) is 9.65. The van der Waals surface area contributed by atoms with Crippen LogP contribution < -0.4 is 4.72 Å². The van der Waals surface area contributed by atoms with E-state index in [1.807, 2.05) is 0 Å². The minimum atomic E-state index is -3.65. The molecule has 0 aliphatic heterocycles. The van der Waals surface area contributed by atoms with Crippen molar-refractivity contribution in [3.8, 4) is 6.07 Å². The van der Waals surface area contributed by atoms with E-state index in [1.54, 1.807) is 13.0 Å². The maximum atomic E-state index is 13.3. The van der Waals surface area contributed by atoms with Crippen molar-refractivity contribution in [2.24, 2.45) is 5.92 Å². The molecule has 0 aliphatic carbocycles. The number of benzene rings is 1. The van der Waals surface area contributed by atoms with Crippen LogP contribution in [0.25, 0.3) is 0 Å². The van der Waals surface area contributed by atoms with Crippen molar-refractivity contribution in [3.05, 3.63) is 29.6 Å². The maximum Gasteiger partial charge on any atom is 0.233 e. The van der Waals surface area contributed by atoms with E-state index in [9.17, 15) is 12.8 Å². The number of sulfonamides is 1. The third kappa shape index (κ3) is 3.86. The molecule has 1 unspecified atom stereocenters. The molecule has 0 bridgehead atoms. The molecule has 1 rings (SSSR count). The first kappa shape index (κ1) is 14.7. The molecule has 7 heteroatoms. The Kier molecular flexibility index (Phi) is 4.93. The number of nitrogens with zero attached hydrogens (tertiary/aromatic N) is 1. The van der Waals surface area contributed by atoms with E-state index in [-0.39, 0.29) is 28.8 Å². The fourth-order valence-electron chi connectivity index (χ4n) is 1.35. The van der Waals surface area contributed by atoms with Crippen LogP contribution >= 0.6 is 11.6 Å². The first-order valence-corrected chi connectivity index (χ1v) is 7.33. The third-order valence-electron chi connectivity index (χ3n) is 2.16. The summed E-state index contributed by atoms with van der Waals surface area (Å²) in [5.74, 6) is -0.973. The molecule has 1 N–H and O–H groups in total. The first-order chi connectivity index (χ1) is 8.39. The Hall–Kier alpha value is -1.32. The second-order valence-corrected chi connectivity index (χ2v) is 5.99. The van der Waals surface area contributed by atoms with Crippen molar-refractivity contribution in [1.29, 1.82) is 5.26 Å². The lowest BCUT2D eigenvalue weighted by Crippen LogP contribution is -2.22. The molecule has 98 valence electrons. The highest BCUT2D eigenvalue weighted by atomic mass is 35.5. The fraction of sp³-hybridized carbons (Fsp3) is 0.364. The van der Waals surface area contributed by atoms with Crippen molar-refractivity contribution in [2.75, 3.05) is 16.4 Å². The molecule has 0 saturated carbocycles. The highest BCUT2D eigenvalue weighted by Crippen LogP contribution is 2.19. The molecular formula is C11H12ClFN2O2S. The lowest BCUT2D eigenvalue weighted by atomic mass is 10.2. The number of hydrogen-bond acceptors (Lipinski definition) is 3. The Balaban J connectivity index is 2.99. The second kappa shape index (κ2) is 6.03. The molecule has 0 aromatic heterocycles. The topological polar surface area (TPSA) is 70.0 Å². The molecule has 0 fully saturated rings. The first-order valence-electron chi connectivity index (χ1n) is 5.14. The van der Waals surface area contributed by atoms with E-state index in [4.69, 9.17) is 16.9 Å². The van der Waals surface area contributed by atoms with Gasteiger partial charge in [-0.1, -0.05) is 13.0 Å². The molecule has 0 spiro atoms. The number of alkyl halides is 1. The zero-order chi connectivity index (χ0) is 13.8. The van der Waals surface area contributed by atoms with Crippen molar-refractivity contribution >= 4 is 27.3 Å². The second-order valence-electron chi connectivity index (χ2n) is 3.92. The van der Waals surface area contributed by atoms with E-state index in [0.717, 1.165) is 6.07 Å². The van der Waals surface area contributed by atoms with Gasteiger partial charge in [-0.2, -0.15) is 5.26 Å². The van der Waals surface area contributed by atoms with Crippen LogP contribution in [0.1, 0.15) is 12.5 Å². The van der Waals surface area contributed by atoms with Gasteiger partial charge in [-0.15, -0.1) is 11.6 Å². The van der Waals surface area contributed by atoms with Gasteiger partial charge in [0.15, 0.2) is 0 Å². The van der Waals surface area contributed by atoms with Gasteiger partial charge in [-0.05, 0) is 18.1 Å². The van der Waals surface area contributed by atoms with Gasteiger partial charge in [0, 0.05) is 5.88 Å². The van der Waals surface area contributed by atoms with Crippen molar-refractivity contribution in [2.45, 2.75) is 6.92 Å². The molecule has 18 heavy (non-hydrogen) atoms. The summed E-state index contributed by atoms with van der Waals surface area (Å²) in [5.41, 5.74) is -0.376. The quantitative estimate of drug-likeness (QED) is 0.846. The molecule has 1 aromatic rings. The van der Waals surface area contributed by atoms with Crippen LogP contribution in [0.2, 0.25) is 0 Å². The highest BCUT2D eigenvalue weighted by Gasteiger charge is 2.18. The molecule has 1 atom stereocenters. The SMILES string of the molecule is CC(CCl)CS(=O)(=O)Nc1cccc(F)c1C#N. The van der Waals surface area contributed by atoms with Gasteiger partial charge in [0.2, 0.25) is 10.0 Å². The Bertz CT molecular complexity index is 569. The standard InChI is InChI=1S/C11H12ClFN2O2S/c1-8(5-12)7-18(16,17)15-11-4-2-3-10(13)9(11)6-14/h2-4,8,15H,5,7H2,1H3. The minimum Gasteiger partial charge on any atom is -0.282 e. The fourth-order valence-corrected chi connectivity index (χ4v) is 3.05. The Labute approximate surface area is 110 Å². The van der Waals surface area contributed by atoms with Gasteiger partial charge in [0.05, 0.1) is 11.4 Å². The normalized spacial score (nSPS) is 12.8. The van der Waals surface area contributed by atoms with Crippen LogP contribution in [-0.2, 0) is 10.0 Å². The van der Waals surface area contributed by atoms with Crippen molar-refractivity contribution < 1.29 is 12.8 Å². The number of halogens is 2. The lowest BCUT2D eigenvalue weighted by Gasteiger charge is -2.12. The molecule has 0 radical (unpaired) electrons. The minimum absolute atomic E-state index is 0.0562. The van der Waals surface area contributed by atoms with Crippen LogP contribution in [0.3, 0.4) is 0 Å². The van der Waals surface area contributed by atoms with Gasteiger partial charge in [-0.25, -0.2) is 12.8 Å². The summed E-state index contributed by atoms with van der Waals surface area (Å²) in [6, 6.07) is 5.39. The van der Waals surface area contributed by atoms with Crippen LogP contribution in [0.5, 0.6) is 0 Å². The van der Waals surface area contributed by atoms with E-state index in [0.29, 0.717) is 0 Å². The number of nitriles is 1. The van der Waals surface area contributed by atoms with Gasteiger partial charge in [0.1, 0.15) is 17.4 Å². The summed E-state index contributed by atoms with van der Waals surface area (Å²) in [4.78, 5) is 0. The predicted molar refractivity (Wildman–Crippen MR) is 68.4 cm³/mol. The largest absolute Gasteiger partial charge is 0.282 e.